The Bertz CT molecular complexity index is 549. The summed E-state index contributed by atoms with van der Waals surface area (Å²) in [4.78, 5) is 7.01. The second kappa shape index (κ2) is 2.61. The highest BCUT2D eigenvalue weighted by molar-refractivity contribution is 7.17. The van der Waals surface area contributed by atoms with Crippen molar-refractivity contribution in [3.05, 3.63) is 22.0 Å². The van der Waals surface area contributed by atoms with E-state index in [1.807, 2.05) is 0 Å². The fourth-order valence-corrected chi connectivity index (χ4v) is 3.41. The maximum atomic E-state index is 5.40. The Balaban J connectivity index is 2.41. The third kappa shape index (κ3) is 0.842. The van der Waals surface area contributed by atoms with E-state index in [1.54, 1.807) is 11.3 Å². The third-order valence-corrected chi connectivity index (χ3v) is 3.98. The second-order valence-corrected chi connectivity index (χ2v) is 4.70. The van der Waals surface area contributed by atoms with Gasteiger partial charge in [-0.1, -0.05) is 0 Å². The molecule has 3 heteroatoms. The van der Waals surface area contributed by atoms with Crippen LogP contribution in [0, 0.1) is 19.3 Å². The van der Waals surface area contributed by atoms with Gasteiger partial charge in [-0.15, -0.1) is 17.8 Å². The highest BCUT2D eigenvalue weighted by Gasteiger charge is 2.20. The number of hydrogen-bond donors (Lipinski definition) is 0. The van der Waals surface area contributed by atoms with Gasteiger partial charge in [-0.25, -0.2) is 4.98 Å². The number of aryl methyl sites for hydroxylation is 3. The SMILES string of the molecule is C#Cc1nc2sc3c(n2c1C)CCC3. The van der Waals surface area contributed by atoms with Crippen LogP contribution in [0.15, 0.2) is 0 Å². The van der Waals surface area contributed by atoms with Crippen molar-refractivity contribution in [2.24, 2.45) is 0 Å². The largest absolute Gasteiger partial charge is 0.290 e. The van der Waals surface area contributed by atoms with E-state index in [9.17, 15) is 0 Å². The van der Waals surface area contributed by atoms with Crippen LogP contribution in [-0.2, 0) is 12.8 Å². The zero-order valence-corrected chi connectivity index (χ0v) is 8.82. The molecule has 1 aliphatic rings. The molecule has 0 radical (unpaired) electrons. The third-order valence-electron chi connectivity index (χ3n) is 2.84. The lowest BCUT2D eigenvalue weighted by atomic mass is 10.3. The van der Waals surface area contributed by atoms with Gasteiger partial charge in [-0.3, -0.25) is 4.40 Å². The number of aromatic nitrogens is 2. The normalized spacial score (nSPS) is 14.6. The summed E-state index contributed by atoms with van der Waals surface area (Å²) in [5, 5.41) is 0. The summed E-state index contributed by atoms with van der Waals surface area (Å²) in [6, 6.07) is 0. The van der Waals surface area contributed by atoms with Crippen molar-refractivity contribution in [1.82, 2.24) is 9.38 Å². The number of thiazole rings is 1. The van der Waals surface area contributed by atoms with Crippen LogP contribution < -0.4 is 0 Å². The first kappa shape index (κ1) is 8.07. The number of nitrogens with zero attached hydrogens (tertiary/aromatic N) is 2. The van der Waals surface area contributed by atoms with Gasteiger partial charge >= 0.3 is 0 Å². The number of hydrogen-bond acceptors (Lipinski definition) is 2. The molecule has 2 heterocycles. The van der Waals surface area contributed by atoms with Crippen LogP contribution in [0.4, 0.5) is 0 Å². The van der Waals surface area contributed by atoms with Gasteiger partial charge in [0.2, 0.25) is 0 Å². The molecule has 0 spiro atoms. The van der Waals surface area contributed by atoms with E-state index in [1.165, 1.54) is 29.8 Å². The number of imidazole rings is 1. The first-order valence-electron chi connectivity index (χ1n) is 4.77. The molecular formula is C11H10N2S. The van der Waals surface area contributed by atoms with Gasteiger partial charge in [-0.2, -0.15) is 0 Å². The Hall–Kier alpha value is -1.27. The lowest BCUT2D eigenvalue weighted by molar-refractivity contribution is 0.881. The fourth-order valence-electron chi connectivity index (χ4n) is 2.16. The lowest BCUT2D eigenvalue weighted by Crippen LogP contribution is -1.91. The minimum atomic E-state index is 0.797. The zero-order valence-electron chi connectivity index (χ0n) is 8.00. The molecule has 0 aromatic carbocycles. The molecule has 2 nitrogen and oxygen atoms in total. The molecule has 0 unspecified atom stereocenters. The van der Waals surface area contributed by atoms with E-state index in [0.717, 1.165) is 16.3 Å². The second-order valence-electron chi connectivity index (χ2n) is 3.63. The molecule has 0 amide bonds. The monoisotopic (exact) mass is 202 g/mol. The Morgan fingerprint density at radius 2 is 2.36 bits per heavy atom. The maximum Gasteiger partial charge on any atom is 0.195 e. The predicted molar refractivity (Wildman–Crippen MR) is 57.8 cm³/mol. The van der Waals surface area contributed by atoms with Crippen molar-refractivity contribution < 1.29 is 0 Å². The molecule has 1 aliphatic carbocycles. The van der Waals surface area contributed by atoms with Crippen LogP contribution in [0.25, 0.3) is 4.96 Å². The highest BCUT2D eigenvalue weighted by Crippen LogP contribution is 2.32. The molecule has 0 fully saturated rings. The first-order valence-corrected chi connectivity index (χ1v) is 5.59. The molecular weight excluding hydrogens is 192 g/mol. The van der Waals surface area contributed by atoms with Crippen molar-refractivity contribution in [3.8, 4) is 12.3 Å². The van der Waals surface area contributed by atoms with E-state index >= 15 is 0 Å². The topological polar surface area (TPSA) is 17.3 Å². The molecule has 0 aliphatic heterocycles. The Labute approximate surface area is 86.6 Å². The van der Waals surface area contributed by atoms with E-state index in [-0.39, 0.29) is 0 Å². The summed E-state index contributed by atoms with van der Waals surface area (Å²) < 4.78 is 2.24. The van der Waals surface area contributed by atoms with Crippen LogP contribution in [-0.4, -0.2) is 9.38 Å². The van der Waals surface area contributed by atoms with Crippen LogP contribution in [0.2, 0.25) is 0 Å². The highest BCUT2D eigenvalue weighted by atomic mass is 32.1. The van der Waals surface area contributed by atoms with Crippen molar-refractivity contribution in [2.75, 3.05) is 0 Å². The zero-order chi connectivity index (χ0) is 9.71. The average molecular weight is 202 g/mol. The molecule has 0 saturated carbocycles. The van der Waals surface area contributed by atoms with Gasteiger partial charge in [-0.05, 0) is 32.1 Å². The predicted octanol–water partition coefficient (Wildman–Crippen LogP) is 2.17. The minimum Gasteiger partial charge on any atom is -0.290 e. The number of fused-ring (bicyclic) bond motifs is 3. The smallest absolute Gasteiger partial charge is 0.195 e. The minimum absolute atomic E-state index is 0.797. The summed E-state index contributed by atoms with van der Waals surface area (Å²) in [7, 11) is 0. The maximum absolute atomic E-state index is 5.40. The van der Waals surface area contributed by atoms with Gasteiger partial charge in [0, 0.05) is 10.6 Å². The molecule has 14 heavy (non-hydrogen) atoms. The van der Waals surface area contributed by atoms with E-state index < -0.39 is 0 Å². The van der Waals surface area contributed by atoms with Crippen LogP contribution in [0.5, 0.6) is 0 Å². The van der Waals surface area contributed by atoms with Gasteiger partial charge in [0.25, 0.3) is 0 Å². The van der Waals surface area contributed by atoms with Crippen molar-refractivity contribution in [3.63, 3.8) is 0 Å². The quantitative estimate of drug-likeness (QED) is 0.598. The molecule has 2 aromatic heterocycles. The van der Waals surface area contributed by atoms with Crippen LogP contribution in [0.1, 0.15) is 28.4 Å². The molecule has 0 N–H and O–H groups in total. The Morgan fingerprint density at radius 1 is 1.50 bits per heavy atom. The summed E-state index contributed by atoms with van der Waals surface area (Å²) in [6.07, 6.45) is 9.07. The number of rotatable bonds is 0. The van der Waals surface area contributed by atoms with Crippen LogP contribution >= 0.6 is 11.3 Å². The van der Waals surface area contributed by atoms with E-state index in [4.69, 9.17) is 6.42 Å². The Kier molecular flexibility index (Phi) is 1.51. The van der Waals surface area contributed by atoms with E-state index in [0.29, 0.717) is 0 Å². The molecule has 0 saturated heterocycles. The first-order chi connectivity index (χ1) is 6.81. The van der Waals surface area contributed by atoms with Gasteiger partial charge in [0.15, 0.2) is 4.96 Å². The summed E-state index contributed by atoms with van der Waals surface area (Å²) >= 11 is 1.79. The van der Waals surface area contributed by atoms with Crippen molar-refractivity contribution in [1.29, 1.82) is 0 Å². The standard InChI is InChI=1S/C11H10N2S/c1-3-8-7(2)13-9-5-4-6-10(9)14-11(13)12-8/h1H,4-6H2,2H3. The van der Waals surface area contributed by atoms with Gasteiger partial charge in [0.05, 0.1) is 5.69 Å². The molecule has 0 bridgehead atoms. The van der Waals surface area contributed by atoms with Crippen molar-refractivity contribution in [2.45, 2.75) is 26.2 Å². The average Bonchev–Trinajstić information content (AvgIpc) is 2.76. The van der Waals surface area contributed by atoms with E-state index in [2.05, 4.69) is 22.2 Å². The molecule has 3 rings (SSSR count). The van der Waals surface area contributed by atoms with Gasteiger partial charge < -0.3 is 0 Å². The molecule has 0 atom stereocenters. The number of terminal acetylenes is 1. The Morgan fingerprint density at radius 3 is 3.14 bits per heavy atom. The van der Waals surface area contributed by atoms with Crippen molar-refractivity contribution >= 4 is 16.3 Å². The summed E-state index contributed by atoms with van der Waals surface area (Å²) in [6.45, 7) is 2.06. The molecule has 70 valence electrons. The summed E-state index contributed by atoms with van der Waals surface area (Å²) in [5.41, 5.74) is 3.37. The van der Waals surface area contributed by atoms with Crippen LogP contribution in [0.3, 0.4) is 0 Å². The lowest BCUT2D eigenvalue weighted by Gasteiger charge is -1.95. The summed E-state index contributed by atoms with van der Waals surface area (Å²) in [5.74, 6) is 2.64. The fraction of sp³-hybridized carbons (Fsp3) is 0.364. The van der Waals surface area contributed by atoms with Gasteiger partial charge in [0.1, 0.15) is 5.69 Å². The molecule has 2 aromatic rings.